The third-order valence-electron chi connectivity index (χ3n) is 3.83. The van der Waals surface area contributed by atoms with Gasteiger partial charge in [-0.1, -0.05) is 0 Å². The van der Waals surface area contributed by atoms with Gasteiger partial charge in [0.15, 0.2) is 0 Å². The van der Waals surface area contributed by atoms with Gasteiger partial charge >= 0.3 is 5.97 Å². The van der Waals surface area contributed by atoms with E-state index < -0.39 is 0 Å². The summed E-state index contributed by atoms with van der Waals surface area (Å²) >= 11 is 0. The fraction of sp³-hybridized carbons (Fsp3) is 0.917. The number of methoxy groups -OCH3 is 1. The first-order chi connectivity index (χ1) is 7.74. The van der Waals surface area contributed by atoms with Crippen LogP contribution >= 0.6 is 0 Å². The summed E-state index contributed by atoms with van der Waals surface area (Å²) in [5, 5.41) is 3.35. The van der Waals surface area contributed by atoms with Crippen molar-refractivity contribution in [1.82, 2.24) is 5.32 Å². The van der Waals surface area contributed by atoms with Gasteiger partial charge in [0.1, 0.15) is 0 Å². The lowest BCUT2D eigenvalue weighted by molar-refractivity contribution is -0.148. The molecule has 0 saturated carbocycles. The number of rotatable bonds is 2. The lowest BCUT2D eigenvalue weighted by Gasteiger charge is -2.42. The number of nitrogens with one attached hydrogen (secondary N) is 1. The number of ether oxygens (including phenoxy) is 2. The van der Waals surface area contributed by atoms with Crippen molar-refractivity contribution in [3.63, 3.8) is 0 Å². The van der Waals surface area contributed by atoms with Crippen LogP contribution in [0.15, 0.2) is 0 Å². The first kappa shape index (κ1) is 11.9. The van der Waals surface area contributed by atoms with Crippen LogP contribution in [-0.2, 0) is 14.3 Å². The molecule has 1 unspecified atom stereocenters. The molecule has 2 fully saturated rings. The predicted molar refractivity (Wildman–Crippen MR) is 60.1 cm³/mol. The van der Waals surface area contributed by atoms with E-state index in [1.807, 2.05) is 0 Å². The van der Waals surface area contributed by atoms with Gasteiger partial charge in [-0.25, -0.2) is 0 Å². The molecule has 2 heterocycles. The first-order valence-electron chi connectivity index (χ1n) is 6.16. The molecule has 2 saturated heterocycles. The lowest BCUT2D eigenvalue weighted by Crippen LogP contribution is -2.47. The normalized spacial score (nSPS) is 28.9. The van der Waals surface area contributed by atoms with Crippen LogP contribution in [0.3, 0.4) is 0 Å². The van der Waals surface area contributed by atoms with E-state index in [4.69, 9.17) is 4.74 Å². The van der Waals surface area contributed by atoms with Gasteiger partial charge in [0, 0.05) is 0 Å². The Bertz CT molecular complexity index is 239. The van der Waals surface area contributed by atoms with E-state index >= 15 is 0 Å². The fourth-order valence-electron chi connectivity index (χ4n) is 2.67. The summed E-state index contributed by atoms with van der Waals surface area (Å²) in [6, 6.07) is 0. The Morgan fingerprint density at radius 3 is 2.75 bits per heavy atom. The molecule has 4 heteroatoms. The molecule has 2 aliphatic heterocycles. The van der Waals surface area contributed by atoms with Crippen molar-refractivity contribution in [2.45, 2.75) is 37.7 Å². The fourth-order valence-corrected chi connectivity index (χ4v) is 2.67. The summed E-state index contributed by atoms with van der Waals surface area (Å²) in [6.45, 7) is 2.83. The van der Waals surface area contributed by atoms with Crippen LogP contribution < -0.4 is 5.32 Å². The predicted octanol–water partition coefficient (Wildman–Crippen LogP) is 1.10. The second-order valence-corrected chi connectivity index (χ2v) is 4.93. The average molecular weight is 227 g/mol. The van der Waals surface area contributed by atoms with Gasteiger partial charge < -0.3 is 14.8 Å². The molecule has 1 spiro atoms. The number of hydrogen-bond donors (Lipinski definition) is 1. The summed E-state index contributed by atoms with van der Waals surface area (Å²) in [4.78, 5) is 11.2. The van der Waals surface area contributed by atoms with Crippen LogP contribution in [0.5, 0.6) is 0 Å². The van der Waals surface area contributed by atoms with E-state index in [0.717, 1.165) is 45.4 Å². The monoisotopic (exact) mass is 227 g/mol. The van der Waals surface area contributed by atoms with Crippen LogP contribution in [0, 0.1) is 5.92 Å². The minimum absolute atomic E-state index is 0.109. The van der Waals surface area contributed by atoms with Crippen LogP contribution in [-0.4, -0.2) is 38.4 Å². The maximum Gasteiger partial charge on any atom is 0.305 e. The van der Waals surface area contributed by atoms with E-state index in [0.29, 0.717) is 12.3 Å². The van der Waals surface area contributed by atoms with Gasteiger partial charge in [-0.15, -0.1) is 0 Å². The number of hydrogen-bond acceptors (Lipinski definition) is 4. The minimum atomic E-state index is -0.116. The van der Waals surface area contributed by atoms with E-state index in [2.05, 4.69) is 10.1 Å². The number of piperidine rings is 1. The quantitative estimate of drug-likeness (QED) is 0.718. The van der Waals surface area contributed by atoms with Crippen molar-refractivity contribution < 1.29 is 14.3 Å². The highest BCUT2D eigenvalue weighted by Crippen LogP contribution is 2.35. The summed E-state index contributed by atoms with van der Waals surface area (Å²) in [5.74, 6) is 0.239. The maximum absolute atomic E-state index is 11.2. The minimum Gasteiger partial charge on any atom is -0.469 e. The van der Waals surface area contributed by atoms with Gasteiger partial charge in [-0.05, 0) is 44.7 Å². The smallest absolute Gasteiger partial charge is 0.305 e. The average Bonchev–Trinajstić information content (AvgIpc) is 2.33. The number of carbonyl (C=O) groups is 1. The molecule has 0 aromatic rings. The standard InChI is InChI=1S/C12H21NO3/c1-15-11(14)8-10-2-3-12(16-9-10)4-6-13-7-5-12/h10,13H,2-9H2,1H3. The van der Waals surface area contributed by atoms with Crippen LogP contribution in [0.25, 0.3) is 0 Å². The molecule has 0 radical (unpaired) electrons. The molecular formula is C12H21NO3. The Balaban J connectivity index is 1.79. The zero-order chi connectivity index (χ0) is 11.4. The zero-order valence-corrected chi connectivity index (χ0v) is 9.96. The molecule has 16 heavy (non-hydrogen) atoms. The Labute approximate surface area is 96.7 Å². The molecule has 1 atom stereocenters. The Hall–Kier alpha value is -0.610. The van der Waals surface area contributed by atoms with E-state index in [-0.39, 0.29) is 11.6 Å². The number of carbonyl (C=O) groups excluding carboxylic acids is 1. The van der Waals surface area contributed by atoms with Gasteiger partial charge in [-0.2, -0.15) is 0 Å². The van der Waals surface area contributed by atoms with Crippen molar-refractivity contribution in [2.75, 3.05) is 26.8 Å². The highest BCUT2D eigenvalue weighted by molar-refractivity contribution is 5.69. The van der Waals surface area contributed by atoms with Crippen molar-refractivity contribution in [3.05, 3.63) is 0 Å². The van der Waals surface area contributed by atoms with E-state index in [1.54, 1.807) is 0 Å². The molecule has 1 N–H and O–H groups in total. The molecule has 0 aromatic heterocycles. The van der Waals surface area contributed by atoms with Gasteiger partial charge in [0.25, 0.3) is 0 Å². The SMILES string of the molecule is COC(=O)CC1CCC2(CCNCC2)OC1. The lowest BCUT2D eigenvalue weighted by atomic mass is 9.81. The second kappa shape index (κ2) is 5.15. The van der Waals surface area contributed by atoms with E-state index in [1.165, 1.54) is 7.11 Å². The maximum atomic E-state index is 11.2. The molecule has 0 aromatic carbocycles. The molecule has 2 aliphatic rings. The Morgan fingerprint density at radius 1 is 1.44 bits per heavy atom. The topological polar surface area (TPSA) is 47.6 Å². The van der Waals surface area contributed by atoms with Crippen molar-refractivity contribution in [3.8, 4) is 0 Å². The van der Waals surface area contributed by atoms with Crippen LogP contribution in [0.4, 0.5) is 0 Å². The molecular weight excluding hydrogens is 206 g/mol. The zero-order valence-electron chi connectivity index (χ0n) is 9.96. The summed E-state index contributed by atoms with van der Waals surface area (Å²) in [6.07, 6.45) is 4.91. The van der Waals surface area contributed by atoms with Crippen molar-refractivity contribution >= 4 is 5.97 Å². The van der Waals surface area contributed by atoms with E-state index in [9.17, 15) is 4.79 Å². The first-order valence-corrected chi connectivity index (χ1v) is 6.16. The highest BCUT2D eigenvalue weighted by atomic mass is 16.5. The third-order valence-corrected chi connectivity index (χ3v) is 3.83. The van der Waals surface area contributed by atoms with Crippen LogP contribution in [0.1, 0.15) is 32.1 Å². The summed E-state index contributed by atoms with van der Waals surface area (Å²) in [5.41, 5.74) is 0.109. The van der Waals surface area contributed by atoms with Gasteiger partial charge in [0.05, 0.1) is 25.7 Å². The Morgan fingerprint density at radius 2 is 2.19 bits per heavy atom. The molecule has 92 valence electrons. The van der Waals surface area contributed by atoms with Crippen molar-refractivity contribution in [2.24, 2.45) is 5.92 Å². The molecule has 0 bridgehead atoms. The molecule has 0 aliphatic carbocycles. The summed E-state index contributed by atoms with van der Waals surface area (Å²) < 4.78 is 10.7. The van der Waals surface area contributed by atoms with Crippen molar-refractivity contribution in [1.29, 1.82) is 0 Å². The third kappa shape index (κ3) is 2.74. The molecule has 0 amide bonds. The van der Waals surface area contributed by atoms with Gasteiger partial charge in [-0.3, -0.25) is 4.79 Å². The molecule has 4 nitrogen and oxygen atoms in total. The van der Waals surface area contributed by atoms with Gasteiger partial charge in [0.2, 0.25) is 0 Å². The van der Waals surface area contributed by atoms with Crippen LogP contribution in [0.2, 0.25) is 0 Å². The summed E-state index contributed by atoms with van der Waals surface area (Å²) in [7, 11) is 1.44. The largest absolute Gasteiger partial charge is 0.469 e. The second-order valence-electron chi connectivity index (χ2n) is 4.93. The molecule has 2 rings (SSSR count). The highest BCUT2D eigenvalue weighted by Gasteiger charge is 2.37. The number of esters is 1. The Kier molecular flexibility index (Phi) is 3.82.